The first kappa shape index (κ1) is 25.9. The van der Waals surface area contributed by atoms with E-state index in [0.717, 1.165) is 18.4 Å². The monoisotopic (exact) mass is 545 g/mol. The molecule has 3 N–H and O–H groups in total. The maximum absolute atomic E-state index is 13.4. The fourth-order valence-corrected chi connectivity index (χ4v) is 6.47. The van der Waals surface area contributed by atoms with Gasteiger partial charge in [0.25, 0.3) is 11.5 Å². The summed E-state index contributed by atoms with van der Waals surface area (Å²) in [5.74, 6) is 0.344. The maximum atomic E-state index is 13.4. The Bertz CT molecular complexity index is 1560. The smallest absolute Gasteiger partial charge is 0.407 e. The molecule has 0 aliphatic carbocycles. The van der Waals surface area contributed by atoms with Crippen molar-refractivity contribution in [1.29, 1.82) is 5.26 Å². The number of carboxylic acid groups (broad SMARTS) is 1. The summed E-state index contributed by atoms with van der Waals surface area (Å²) in [6, 6.07) is 9.71. The van der Waals surface area contributed by atoms with E-state index in [4.69, 9.17) is 9.84 Å². The van der Waals surface area contributed by atoms with Crippen molar-refractivity contribution in [2.75, 3.05) is 31.6 Å². The van der Waals surface area contributed by atoms with Gasteiger partial charge in [-0.15, -0.1) is 0 Å². The molecule has 6 rings (SSSR count). The Labute approximate surface area is 230 Å². The number of aromatic amines is 1. The van der Waals surface area contributed by atoms with Crippen LogP contribution < -0.4 is 10.9 Å². The van der Waals surface area contributed by atoms with Crippen LogP contribution in [0.2, 0.25) is 0 Å². The number of hydrogen-bond donors (Lipinski definition) is 3. The van der Waals surface area contributed by atoms with Crippen molar-refractivity contribution >= 4 is 34.4 Å². The van der Waals surface area contributed by atoms with Gasteiger partial charge >= 0.3 is 6.09 Å². The number of amides is 2. The maximum Gasteiger partial charge on any atom is 0.407 e. The summed E-state index contributed by atoms with van der Waals surface area (Å²) in [5, 5.41) is 27.5. The first-order chi connectivity index (χ1) is 19.3. The van der Waals surface area contributed by atoms with E-state index in [2.05, 4.69) is 16.4 Å². The van der Waals surface area contributed by atoms with Gasteiger partial charge in [0.2, 0.25) is 0 Å². The first-order valence-corrected chi connectivity index (χ1v) is 13.5. The van der Waals surface area contributed by atoms with Crippen LogP contribution in [0, 0.1) is 18.3 Å². The number of pyridine rings is 1. The van der Waals surface area contributed by atoms with Gasteiger partial charge in [0.15, 0.2) is 5.82 Å². The summed E-state index contributed by atoms with van der Waals surface area (Å²) in [6.45, 7) is 3.58. The second-order valence-electron chi connectivity index (χ2n) is 10.9. The van der Waals surface area contributed by atoms with Crippen LogP contribution in [0.5, 0.6) is 0 Å². The zero-order valence-corrected chi connectivity index (χ0v) is 22.2. The molecular formula is C28H31N7O5. The molecule has 1 aromatic carbocycles. The number of anilines is 2. The second-order valence-corrected chi connectivity index (χ2v) is 10.9. The van der Waals surface area contributed by atoms with Gasteiger partial charge in [0.1, 0.15) is 5.39 Å². The summed E-state index contributed by atoms with van der Waals surface area (Å²) in [6.07, 6.45) is 3.39. The Hall–Kier alpha value is -4.37. The van der Waals surface area contributed by atoms with Crippen molar-refractivity contribution in [3.05, 3.63) is 51.9 Å². The predicted molar refractivity (Wildman–Crippen MR) is 146 cm³/mol. The third-order valence-corrected chi connectivity index (χ3v) is 8.62. The highest BCUT2D eigenvalue weighted by Gasteiger charge is 2.42. The minimum Gasteiger partial charge on any atom is -0.465 e. The van der Waals surface area contributed by atoms with Crippen molar-refractivity contribution in [2.45, 2.75) is 56.7 Å². The van der Waals surface area contributed by atoms with Gasteiger partial charge in [-0.2, -0.15) is 10.4 Å². The van der Waals surface area contributed by atoms with Crippen molar-refractivity contribution in [2.24, 2.45) is 0 Å². The highest BCUT2D eigenvalue weighted by molar-refractivity contribution is 5.97. The first-order valence-electron chi connectivity index (χ1n) is 13.5. The molecule has 2 bridgehead atoms. The summed E-state index contributed by atoms with van der Waals surface area (Å²) >= 11 is 0. The topological polar surface area (TPSA) is 157 Å². The Balaban J connectivity index is 1.33. The van der Waals surface area contributed by atoms with Gasteiger partial charge in [-0.1, -0.05) is 0 Å². The zero-order valence-electron chi connectivity index (χ0n) is 22.2. The number of hydrogen-bond acceptors (Lipinski definition) is 7. The molecule has 3 aliphatic rings. The number of benzene rings is 1. The van der Waals surface area contributed by atoms with Crippen molar-refractivity contribution < 1.29 is 19.4 Å². The molecule has 3 fully saturated rings. The summed E-state index contributed by atoms with van der Waals surface area (Å²) in [5.41, 5.74) is 1.60. The number of nitrogens with one attached hydrogen (secondary N) is 2. The van der Waals surface area contributed by atoms with E-state index >= 15 is 0 Å². The third-order valence-electron chi connectivity index (χ3n) is 8.62. The largest absolute Gasteiger partial charge is 0.465 e. The molecule has 2 amide bonds. The van der Waals surface area contributed by atoms with Crippen LogP contribution in [-0.4, -0.2) is 80.1 Å². The number of nitrogens with zero attached hydrogens (tertiary/aromatic N) is 5. The quantitative estimate of drug-likeness (QED) is 0.441. The molecule has 3 saturated heterocycles. The molecule has 5 heterocycles. The zero-order chi connectivity index (χ0) is 28.0. The minimum atomic E-state index is -0.992. The van der Waals surface area contributed by atoms with E-state index in [0.29, 0.717) is 54.0 Å². The number of aryl methyl sites for hydroxylation is 1. The number of carbonyl (C=O) groups excluding carboxylic acids is 1. The van der Waals surface area contributed by atoms with Gasteiger partial charge in [0, 0.05) is 30.5 Å². The highest BCUT2D eigenvalue weighted by Crippen LogP contribution is 2.38. The van der Waals surface area contributed by atoms with E-state index in [1.165, 1.54) is 4.90 Å². The van der Waals surface area contributed by atoms with Crippen LogP contribution in [-0.2, 0) is 10.3 Å². The van der Waals surface area contributed by atoms with Crippen molar-refractivity contribution in [3.63, 3.8) is 0 Å². The van der Waals surface area contributed by atoms with E-state index in [1.807, 2.05) is 17.9 Å². The Kier molecular flexibility index (Phi) is 6.46. The number of ether oxygens (including phenoxy) is 1. The number of aromatic nitrogens is 3. The van der Waals surface area contributed by atoms with Crippen molar-refractivity contribution in [1.82, 2.24) is 24.6 Å². The van der Waals surface area contributed by atoms with Gasteiger partial charge < -0.3 is 29.9 Å². The van der Waals surface area contributed by atoms with E-state index < -0.39 is 11.6 Å². The number of H-pyrrole nitrogens is 1. The lowest BCUT2D eigenvalue weighted by atomic mass is 9.85. The fourth-order valence-electron chi connectivity index (χ4n) is 6.47. The second kappa shape index (κ2) is 9.98. The average molecular weight is 546 g/mol. The van der Waals surface area contributed by atoms with Gasteiger partial charge in [-0.05, 0) is 62.4 Å². The predicted octanol–water partition coefficient (Wildman–Crippen LogP) is 3.16. The lowest BCUT2D eigenvalue weighted by Gasteiger charge is -2.40. The van der Waals surface area contributed by atoms with Crippen LogP contribution in [0.3, 0.4) is 0 Å². The molecular weight excluding hydrogens is 514 g/mol. The van der Waals surface area contributed by atoms with Crippen LogP contribution in [0.4, 0.5) is 16.3 Å². The summed E-state index contributed by atoms with van der Waals surface area (Å²) in [4.78, 5) is 43.9. The Morgan fingerprint density at radius 3 is 2.60 bits per heavy atom. The number of nitriles is 1. The van der Waals surface area contributed by atoms with Crippen LogP contribution >= 0.6 is 0 Å². The number of morpholine rings is 1. The van der Waals surface area contributed by atoms with Gasteiger partial charge in [0.05, 0.1) is 48.8 Å². The van der Waals surface area contributed by atoms with Crippen LogP contribution in [0.15, 0.2) is 35.3 Å². The average Bonchev–Trinajstić information content (AvgIpc) is 3.43. The molecule has 3 aromatic rings. The Morgan fingerprint density at radius 2 is 1.95 bits per heavy atom. The van der Waals surface area contributed by atoms with E-state index in [9.17, 15) is 24.8 Å². The molecule has 0 radical (unpaired) electrons. The normalized spacial score (nSPS) is 21.8. The Morgan fingerprint density at radius 1 is 1.23 bits per heavy atom. The minimum absolute atomic E-state index is 0.0113. The molecule has 2 unspecified atom stereocenters. The molecule has 208 valence electrons. The number of likely N-dealkylation sites (tertiary alicyclic amines) is 1. The molecule has 2 aromatic heterocycles. The van der Waals surface area contributed by atoms with Gasteiger partial charge in [-0.3, -0.25) is 14.3 Å². The molecule has 12 nitrogen and oxygen atoms in total. The molecule has 40 heavy (non-hydrogen) atoms. The van der Waals surface area contributed by atoms with Crippen LogP contribution in [0.25, 0.3) is 10.9 Å². The van der Waals surface area contributed by atoms with Crippen molar-refractivity contribution in [3.8, 4) is 6.07 Å². The standard InChI is InChI=1S/C28H31N7O5/c1-17-14-18(2-5-21(17)26(37)34-19-3-4-20(34)16-40-15-19)31-24-23-22(6-11-30-25(23)36)35(32-24)28(7-10-29)8-12-33(13-9-28)27(38)39/h2,5-6,11,14,19-20H,3-4,7-9,12-13,15-16H2,1H3,(H,30,36)(H,31,32)(H,38,39). The summed E-state index contributed by atoms with van der Waals surface area (Å²) < 4.78 is 7.35. The fraction of sp³-hybridized carbons (Fsp3) is 0.464. The molecule has 2 atom stereocenters. The number of carbonyl (C=O) groups is 2. The number of piperidine rings is 1. The summed E-state index contributed by atoms with van der Waals surface area (Å²) in [7, 11) is 0. The molecule has 0 saturated carbocycles. The van der Waals surface area contributed by atoms with Gasteiger partial charge in [-0.25, -0.2) is 4.79 Å². The third kappa shape index (κ3) is 4.26. The van der Waals surface area contributed by atoms with Crippen LogP contribution in [0.1, 0.15) is 48.0 Å². The molecule has 3 aliphatic heterocycles. The molecule has 12 heteroatoms. The highest BCUT2D eigenvalue weighted by atomic mass is 16.5. The van der Waals surface area contributed by atoms with E-state index in [-0.39, 0.29) is 43.1 Å². The molecule has 0 spiro atoms. The number of rotatable bonds is 5. The van der Waals surface area contributed by atoms with E-state index in [1.54, 1.807) is 29.1 Å². The number of fused-ring (bicyclic) bond motifs is 3. The lowest BCUT2D eigenvalue weighted by Crippen LogP contribution is -2.49. The SMILES string of the molecule is Cc1cc(Nc2nn(C3(CC#N)CCN(C(=O)O)CC3)c3cc[nH]c(=O)c23)ccc1C(=O)N1C2CCC1COC2. The lowest BCUT2D eigenvalue weighted by molar-refractivity contribution is -0.00719.